The number of carbonyl (C=O) groups excluding carboxylic acids is 1. The molecule has 16 heavy (non-hydrogen) atoms. The Morgan fingerprint density at radius 3 is 2.75 bits per heavy atom. The van der Waals surface area contributed by atoms with Crippen molar-refractivity contribution in [2.75, 3.05) is 12.8 Å². The summed E-state index contributed by atoms with van der Waals surface area (Å²) in [7, 11) is 1.39. The molecule has 0 aromatic carbocycles. The van der Waals surface area contributed by atoms with Gasteiger partial charge in [0.1, 0.15) is 5.00 Å². The molecule has 4 heteroatoms. The van der Waals surface area contributed by atoms with E-state index in [9.17, 15) is 4.79 Å². The van der Waals surface area contributed by atoms with Gasteiger partial charge in [-0.2, -0.15) is 0 Å². The molecule has 1 aliphatic rings. The highest BCUT2D eigenvalue weighted by atomic mass is 32.1. The maximum atomic E-state index is 11.4. The zero-order valence-corrected chi connectivity index (χ0v) is 10.3. The van der Waals surface area contributed by atoms with Gasteiger partial charge in [-0.25, -0.2) is 4.79 Å². The van der Waals surface area contributed by atoms with Gasteiger partial charge in [-0.05, 0) is 24.8 Å². The van der Waals surface area contributed by atoms with E-state index in [4.69, 9.17) is 10.5 Å². The Labute approximate surface area is 99.6 Å². The smallest absolute Gasteiger partial charge is 0.340 e. The second kappa shape index (κ2) is 4.87. The molecule has 88 valence electrons. The standard InChI is InChI=1S/C12H17NO2S/c1-15-12(14)9-7-10(16-11(9)13)8-5-3-2-4-6-8/h7-8H,2-6,13H2,1H3. The van der Waals surface area contributed by atoms with Crippen LogP contribution in [0.15, 0.2) is 6.07 Å². The molecular weight excluding hydrogens is 222 g/mol. The fraction of sp³-hybridized carbons (Fsp3) is 0.583. The molecule has 0 bridgehead atoms. The van der Waals surface area contributed by atoms with Crippen molar-refractivity contribution in [1.82, 2.24) is 0 Å². The van der Waals surface area contributed by atoms with Crippen LogP contribution >= 0.6 is 11.3 Å². The minimum Gasteiger partial charge on any atom is -0.465 e. The minimum absolute atomic E-state index is 0.323. The van der Waals surface area contributed by atoms with Crippen LogP contribution in [0.4, 0.5) is 5.00 Å². The molecule has 0 spiro atoms. The first kappa shape index (κ1) is 11.5. The summed E-state index contributed by atoms with van der Waals surface area (Å²) in [6.45, 7) is 0. The maximum Gasteiger partial charge on any atom is 0.340 e. The van der Waals surface area contributed by atoms with E-state index in [-0.39, 0.29) is 5.97 Å². The Morgan fingerprint density at radius 2 is 2.12 bits per heavy atom. The number of ether oxygens (including phenoxy) is 1. The topological polar surface area (TPSA) is 52.3 Å². The summed E-state index contributed by atoms with van der Waals surface area (Å²) >= 11 is 1.54. The Hall–Kier alpha value is -1.03. The van der Waals surface area contributed by atoms with Crippen molar-refractivity contribution in [2.45, 2.75) is 38.0 Å². The predicted molar refractivity (Wildman–Crippen MR) is 65.9 cm³/mol. The van der Waals surface area contributed by atoms with Crippen LogP contribution in [0.5, 0.6) is 0 Å². The third-order valence-electron chi connectivity index (χ3n) is 3.19. The Morgan fingerprint density at radius 1 is 1.44 bits per heavy atom. The number of anilines is 1. The van der Waals surface area contributed by atoms with Crippen molar-refractivity contribution < 1.29 is 9.53 Å². The average Bonchev–Trinajstić information content (AvgIpc) is 2.71. The third kappa shape index (κ3) is 2.21. The van der Waals surface area contributed by atoms with Crippen LogP contribution in [-0.2, 0) is 4.74 Å². The summed E-state index contributed by atoms with van der Waals surface area (Å²) in [5.74, 6) is 0.273. The van der Waals surface area contributed by atoms with E-state index in [0.29, 0.717) is 16.5 Å². The molecule has 2 rings (SSSR count). The highest BCUT2D eigenvalue weighted by Crippen LogP contribution is 2.39. The van der Waals surface area contributed by atoms with Crippen LogP contribution in [0.2, 0.25) is 0 Å². The highest BCUT2D eigenvalue weighted by molar-refractivity contribution is 7.16. The molecule has 0 unspecified atom stereocenters. The van der Waals surface area contributed by atoms with E-state index in [1.54, 1.807) is 11.3 Å². The van der Waals surface area contributed by atoms with Crippen LogP contribution in [0.1, 0.15) is 53.3 Å². The van der Waals surface area contributed by atoms with Gasteiger partial charge in [-0.3, -0.25) is 0 Å². The summed E-state index contributed by atoms with van der Waals surface area (Å²) in [5, 5.41) is 0.590. The number of nitrogens with two attached hydrogens (primary N) is 1. The van der Waals surface area contributed by atoms with Gasteiger partial charge >= 0.3 is 5.97 Å². The van der Waals surface area contributed by atoms with Gasteiger partial charge in [0, 0.05) is 4.88 Å². The molecule has 0 saturated heterocycles. The number of hydrogen-bond acceptors (Lipinski definition) is 4. The Balaban J connectivity index is 2.19. The summed E-state index contributed by atoms with van der Waals surface area (Å²) in [5.41, 5.74) is 6.38. The van der Waals surface area contributed by atoms with E-state index >= 15 is 0 Å². The molecule has 1 aliphatic carbocycles. The van der Waals surface area contributed by atoms with Crippen molar-refractivity contribution in [2.24, 2.45) is 0 Å². The van der Waals surface area contributed by atoms with Gasteiger partial charge < -0.3 is 10.5 Å². The minimum atomic E-state index is -0.323. The van der Waals surface area contributed by atoms with E-state index in [2.05, 4.69) is 0 Å². The van der Waals surface area contributed by atoms with Gasteiger partial charge in [-0.1, -0.05) is 19.3 Å². The SMILES string of the molecule is COC(=O)c1cc(C2CCCCC2)sc1N. The number of rotatable bonds is 2. The number of esters is 1. The first-order valence-corrected chi connectivity index (χ1v) is 6.51. The second-order valence-electron chi connectivity index (χ2n) is 4.25. The number of thiophene rings is 1. The van der Waals surface area contributed by atoms with Crippen LogP contribution in [0.25, 0.3) is 0 Å². The largest absolute Gasteiger partial charge is 0.465 e. The number of hydrogen-bond donors (Lipinski definition) is 1. The molecule has 1 aromatic rings. The van der Waals surface area contributed by atoms with E-state index in [1.807, 2.05) is 6.07 Å². The quantitative estimate of drug-likeness (QED) is 0.806. The lowest BCUT2D eigenvalue weighted by atomic mass is 9.88. The van der Waals surface area contributed by atoms with E-state index in [0.717, 1.165) is 0 Å². The molecule has 0 atom stereocenters. The second-order valence-corrected chi connectivity index (χ2v) is 5.37. The van der Waals surface area contributed by atoms with Crippen LogP contribution in [0, 0.1) is 0 Å². The summed E-state index contributed by atoms with van der Waals surface area (Å²) in [4.78, 5) is 12.7. The van der Waals surface area contributed by atoms with Crippen molar-refractivity contribution in [3.05, 3.63) is 16.5 Å². The first-order chi connectivity index (χ1) is 7.72. The molecule has 0 radical (unpaired) electrons. The number of carbonyl (C=O) groups is 1. The monoisotopic (exact) mass is 239 g/mol. The molecule has 1 fully saturated rings. The van der Waals surface area contributed by atoms with E-state index < -0.39 is 0 Å². The lowest BCUT2D eigenvalue weighted by molar-refractivity contribution is 0.0602. The third-order valence-corrected chi connectivity index (χ3v) is 4.32. The van der Waals surface area contributed by atoms with Gasteiger partial charge in [0.15, 0.2) is 0 Å². The molecule has 3 nitrogen and oxygen atoms in total. The van der Waals surface area contributed by atoms with Gasteiger partial charge in [0.2, 0.25) is 0 Å². The zero-order valence-electron chi connectivity index (χ0n) is 9.49. The van der Waals surface area contributed by atoms with Gasteiger partial charge in [0.25, 0.3) is 0 Å². The number of nitrogen functional groups attached to an aromatic ring is 1. The zero-order chi connectivity index (χ0) is 11.5. The maximum absolute atomic E-state index is 11.4. The molecule has 1 heterocycles. The van der Waals surface area contributed by atoms with Crippen molar-refractivity contribution in [1.29, 1.82) is 0 Å². The van der Waals surface area contributed by atoms with Gasteiger partial charge in [-0.15, -0.1) is 11.3 Å². The van der Waals surface area contributed by atoms with Crippen molar-refractivity contribution in [3.8, 4) is 0 Å². The van der Waals surface area contributed by atoms with Crippen molar-refractivity contribution in [3.63, 3.8) is 0 Å². The van der Waals surface area contributed by atoms with Crippen LogP contribution < -0.4 is 5.73 Å². The van der Waals surface area contributed by atoms with Gasteiger partial charge in [0.05, 0.1) is 12.7 Å². The lowest BCUT2D eigenvalue weighted by Crippen LogP contribution is -2.03. The summed E-state index contributed by atoms with van der Waals surface area (Å²) < 4.78 is 4.71. The molecule has 0 amide bonds. The molecule has 0 aliphatic heterocycles. The average molecular weight is 239 g/mol. The highest BCUT2D eigenvalue weighted by Gasteiger charge is 2.21. The van der Waals surface area contributed by atoms with E-state index in [1.165, 1.54) is 44.1 Å². The lowest BCUT2D eigenvalue weighted by Gasteiger charge is -2.19. The van der Waals surface area contributed by atoms with Crippen LogP contribution in [0.3, 0.4) is 0 Å². The molecular formula is C12H17NO2S. The fourth-order valence-electron chi connectivity index (χ4n) is 2.28. The molecule has 1 aromatic heterocycles. The Bertz CT molecular complexity index is 380. The first-order valence-electron chi connectivity index (χ1n) is 5.70. The van der Waals surface area contributed by atoms with Crippen molar-refractivity contribution >= 4 is 22.3 Å². The van der Waals surface area contributed by atoms with Crippen LogP contribution in [-0.4, -0.2) is 13.1 Å². The predicted octanol–water partition coefficient (Wildman–Crippen LogP) is 3.16. The summed E-state index contributed by atoms with van der Waals surface area (Å²) in [6, 6.07) is 1.92. The Kier molecular flexibility index (Phi) is 3.49. The molecule has 2 N–H and O–H groups in total. The summed E-state index contributed by atoms with van der Waals surface area (Å²) in [6.07, 6.45) is 6.36. The molecule has 1 saturated carbocycles. The number of methoxy groups -OCH3 is 1. The fourth-order valence-corrected chi connectivity index (χ4v) is 3.37. The normalized spacial score (nSPS) is 17.3.